The average Bonchev–Trinajstić information content (AvgIpc) is 2.66. The first-order valence-corrected chi connectivity index (χ1v) is 11.2. The van der Waals surface area contributed by atoms with Crippen molar-refractivity contribution in [2.75, 3.05) is 32.2 Å². The maximum atomic E-state index is 12.6. The van der Waals surface area contributed by atoms with Gasteiger partial charge in [-0.25, -0.2) is 4.79 Å². The van der Waals surface area contributed by atoms with Crippen LogP contribution in [0.2, 0.25) is 0 Å². The van der Waals surface area contributed by atoms with Crippen LogP contribution in [-0.2, 0) is 23.1 Å². The fourth-order valence-corrected chi connectivity index (χ4v) is 4.20. The minimum atomic E-state index is -3.30. The second-order valence-corrected chi connectivity index (χ2v) is 8.22. The van der Waals surface area contributed by atoms with Crippen molar-refractivity contribution >= 4 is 13.4 Å². The molecule has 0 spiro atoms. The zero-order valence-electron chi connectivity index (χ0n) is 16.5. The summed E-state index contributed by atoms with van der Waals surface area (Å²) in [6.45, 7) is 4.96. The Bertz CT molecular complexity index is 722. The van der Waals surface area contributed by atoms with Crippen LogP contribution in [0.15, 0.2) is 29.0 Å². The van der Waals surface area contributed by atoms with Crippen molar-refractivity contribution in [2.45, 2.75) is 51.9 Å². The van der Waals surface area contributed by atoms with Crippen molar-refractivity contribution in [1.82, 2.24) is 9.55 Å². The minimum Gasteiger partial charge on any atom is -0.383 e. The fourth-order valence-electron chi connectivity index (χ4n) is 2.86. The van der Waals surface area contributed by atoms with Gasteiger partial charge in [0.2, 0.25) is 0 Å². The molecule has 2 unspecified atom stereocenters. The van der Waals surface area contributed by atoms with Crippen molar-refractivity contribution in [3.05, 3.63) is 34.6 Å². The molecule has 2 N–H and O–H groups in total. The van der Waals surface area contributed by atoms with Crippen LogP contribution in [0.5, 0.6) is 0 Å². The normalized spacial score (nSPS) is 19.1. The quantitative estimate of drug-likeness (QED) is 0.548. The topological polar surface area (TPSA) is 115 Å². The fraction of sp³-hybridized carbons (Fsp3) is 0.667. The summed E-state index contributed by atoms with van der Waals surface area (Å²) in [5.74, 6) is 1.59. The van der Waals surface area contributed by atoms with Crippen LogP contribution in [0, 0.1) is 0 Å². The van der Waals surface area contributed by atoms with E-state index in [0.717, 1.165) is 19.3 Å². The Morgan fingerprint density at radius 1 is 1.39 bits per heavy atom. The average molecular weight is 415 g/mol. The lowest BCUT2D eigenvalue weighted by atomic mass is 10.2. The van der Waals surface area contributed by atoms with Crippen LogP contribution < -0.4 is 11.4 Å². The number of aromatic nitrogens is 2. The van der Waals surface area contributed by atoms with Gasteiger partial charge in [-0.1, -0.05) is 6.08 Å². The smallest absolute Gasteiger partial charge is 0.353 e. The predicted molar refractivity (Wildman–Crippen MR) is 106 cm³/mol. The number of rotatable bonds is 11. The number of nitrogens with two attached hydrogens (primary N) is 1. The van der Waals surface area contributed by atoms with Gasteiger partial charge in [0.15, 0.2) is 6.29 Å². The van der Waals surface area contributed by atoms with Gasteiger partial charge in [-0.2, -0.15) is 4.98 Å². The van der Waals surface area contributed by atoms with Crippen molar-refractivity contribution < 1.29 is 23.1 Å². The highest BCUT2D eigenvalue weighted by molar-refractivity contribution is 7.57. The SMILES string of the molecule is CCOP(=O)(C=CCC(COC1CCCCO1)n1ccc(N)nc1=O)OCC. The molecule has 1 aromatic rings. The van der Waals surface area contributed by atoms with Gasteiger partial charge in [0.25, 0.3) is 0 Å². The minimum absolute atomic E-state index is 0.157. The number of nitrogens with zero attached hydrogens (tertiary/aromatic N) is 2. The van der Waals surface area contributed by atoms with Crippen LogP contribution in [0.4, 0.5) is 5.82 Å². The van der Waals surface area contributed by atoms with E-state index in [9.17, 15) is 9.36 Å². The van der Waals surface area contributed by atoms with Crippen LogP contribution in [-0.4, -0.2) is 42.3 Å². The predicted octanol–water partition coefficient (Wildman–Crippen LogP) is 3.08. The largest absolute Gasteiger partial charge is 0.383 e. The van der Waals surface area contributed by atoms with Gasteiger partial charge in [-0.05, 0) is 45.6 Å². The van der Waals surface area contributed by atoms with Crippen LogP contribution in [0.3, 0.4) is 0 Å². The third-order valence-corrected chi connectivity index (χ3v) is 5.98. The molecule has 1 fully saturated rings. The Morgan fingerprint density at radius 2 is 2.14 bits per heavy atom. The molecule has 1 saturated heterocycles. The lowest BCUT2D eigenvalue weighted by Gasteiger charge is -2.26. The maximum absolute atomic E-state index is 12.6. The van der Waals surface area contributed by atoms with Gasteiger partial charge in [0, 0.05) is 18.6 Å². The van der Waals surface area contributed by atoms with E-state index in [4.69, 9.17) is 24.3 Å². The molecular weight excluding hydrogens is 385 g/mol. The summed E-state index contributed by atoms with van der Waals surface area (Å²) < 4.78 is 36.0. The van der Waals surface area contributed by atoms with Crippen molar-refractivity contribution in [3.8, 4) is 0 Å². The number of allylic oxidation sites excluding steroid dienone is 1. The van der Waals surface area contributed by atoms with Gasteiger partial charge in [-0.3, -0.25) is 9.13 Å². The molecule has 2 rings (SSSR count). The number of anilines is 1. The monoisotopic (exact) mass is 415 g/mol. The van der Waals surface area contributed by atoms with Crippen molar-refractivity contribution in [2.24, 2.45) is 0 Å². The highest BCUT2D eigenvalue weighted by Crippen LogP contribution is 2.49. The standard InChI is InChI=1S/C18H30N3O6P/c1-3-26-28(23,27-4-2)13-7-8-15(14-25-17-9-5-6-12-24-17)21-11-10-16(19)20-18(21)22/h7,10-11,13,15,17H,3-6,8-9,12,14H2,1-2H3,(H2,19,20,22). The zero-order chi connectivity index (χ0) is 20.4. The Morgan fingerprint density at radius 3 is 2.75 bits per heavy atom. The van der Waals surface area contributed by atoms with Gasteiger partial charge >= 0.3 is 13.3 Å². The first kappa shape index (κ1) is 22.8. The lowest BCUT2D eigenvalue weighted by molar-refractivity contribution is -0.167. The molecular formula is C18H30N3O6P. The first-order valence-electron chi connectivity index (χ1n) is 9.61. The molecule has 1 aliphatic rings. The Labute approximate surface area is 165 Å². The summed E-state index contributed by atoms with van der Waals surface area (Å²) in [5, 5.41) is 0. The summed E-state index contributed by atoms with van der Waals surface area (Å²) in [5.41, 5.74) is 5.11. The highest BCUT2D eigenvalue weighted by atomic mass is 31.2. The van der Waals surface area contributed by atoms with E-state index in [-0.39, 0.29) is 38.0 Å². The number of hydrogen-bond acceptors (Lipinski definition) is 8. The first-order chi connectivity index (χ1) is 13.5. The number of hydrogen-bond donors (Lipinski definition) is 1. The molecule has 0 saturated carbocycles. The van der Waals surface area contributed by atoms with Gasteiger partial charge in [0.1, 0.15) is 5.82 Å². The molecule has 1 aliphatic heterocycles. The van der Waals surface area contributed by atoms with Gasteiger partial charge in [0.05, 0.1) is 25.9 Å². The lowest BCUT2D eigenvalue weighted by Crippen LogP contribution is -2.32. The third-order valence-electron chi connectivity index (χ3n) is 4.17. The zero-order valence-corrected chi connectivity index (χ0v) is 17.4. The van der Waals surface area contributed by atoms with E-state index < -0.39 is 13.3 Å². The van der Waals surface area contributed by atoms with Crippen molar-refractivity contribution in [1.29, 1.82) is 0 Å². The highest BCUT2D eigenvalue weighted by Gasteiger charge is 2.21. The molecule has 9 nitrogen and oxygen atoms in total. The van der Waals surface area contributed by atoms with Crippen LogP contribution in [0.1, 0.15) is 45.6 Å². The van der Waals surface area contributed by atoms with E-state index in [1.165, 1.54) is 10.4 Å². The van der Waals surface area contributed by atoms with E-state index in [2.05, 4.69) is 4.98 Å². The number of ether oxygens (including phenoxy) is 2. The maximum Gasteiger partial charge on any atom is 0.353 e. The Hall–Kier alpha value is -1.51. The summed E-state index contributed by atoms with van der Waals surface area (Å²) >= 11 is 0. The molecule has 10 heteroatoms. The molecule has 158 valence electrons. The summed E-state index contributed by atoms with van der Waals surface area (Å²) in [6.07, 6.45) is 6.26. The van der Waals surface area contributed by atoms with Crippen molar-refractivity contribution in [3.63, 3.8) is 0 Å². The molecule has 1 aromatic heterocycles. The number of nitrogen functional groups attached to an aromatic ring is 1. The third kappa shape index (κ3) is 7.14. The molecule has 0 amide bonds. The summed E-state index contributed by atoms with van der Waals surface area (Å²) in [7, 11) is -3.30. The van der Waals surface area contributed by atoms with Gasteiger partial charge < -0.3 is 24.3 Å². The molecule has 0 radical (unpaired) electrons. The van der Waals surface area contributed by atoms with Gasteiger partial charge in [-0.15, -0.1) is 0 Å². The van der Waals surface area contributed by atoms with E-state index in [0.29, 0.717) is 13.0 Å². The van der Waals surface area contributed by atoms with Crippen LogP contribution in [0.25, 0.3) is 0 Å². The molecule has 2 atom stereocenters. The van der Waals surface area contributed by atoms with E-state index >= 15 is 0 Å². The Balaban J connectivity index is 2.11. The molecule has 0 bridgehead atoms. The summed E-state index contributed by atoms with van der Waals surface area (Å²) in [6, 6.07) is 1.19. The molecule has 0 aromatic carbocycles. The second kappa shape index (κ2) is 11.5. The molecule has 0 aliphatic carbocycles. The van der Waals surface area contributed by atoms with E-state index in [1.54, 1.807) is 32.2 Å². The Kier molecular flexibility index (Phi) is 9.34. The summed E-state index contributed by atoms with van der Waals surface area (Å²) in [4.78, 5) is 16.0. The second-order valence-electron chi connectivity index (χ2n) is 6.32. The van der Waals surface area contributed by atoms with Crippen LogP contribution >= 0.6 is 7.60 Å². The molecule has 2 heterocycles. The van der Waals surface area contributed by atoms with E-state index in [1.807, 2.05) is 0 Å². The molecule has 28 heavy (non-hydrogen) atoms.